The molecule has 2 aliphatic heterocycles. The minimum Gasteiger partial charge on any atom is -0.311 e. The smallest absolute Gasteiger partial charge is 0.244 e. The summed E-state index contributed by atoms with van der Waals surface area (Å²) in [6, 6.07) is 9.85. The monoisotopic (exact) mass is 280 g/mol. The van der Waals surface area contributed by atoms with Gasteiger partial charge in [0.1, 0.15) is 6.33 Å². The van der Waals surface area contributed by atoms with Crippen LogP contribution in [0.4, 0.5) is 5.69 Å². The highest BCUT2D eigenvalue weighted by Crippen LogP contribution is 2.29. The van der Waals surface area contributed by atoms with Gasteiger partial charge < -0.3 is 4.90 Å². The molecule has 0 aliphatic carbocycles. The molecular formula is C16H16N4O. The van der Waals surface area contributed by atoms with Crippen LogP contribution in [0.1, 0.15) is 17.7 Å². The van der Waals surface area contributed by atoms with Crippen LogP contribution in [0.3, 0.4) is 0 Å². The van der Waals surface area contributed by atoms with E-state index in [-0.39, 0.29) is 11.9 Å². The number of amides is 1. The zero-order chi connectivity index (χ0) is 14.2. The lowest BCUT2D eigenvalue weighted by molar-refractivity contribution is -0.121. The number of benzene rings is 1. The van der Waals surface area contributed by atoms with E-state index >= 15 is 0 Å². The van der Waals surface area contributed by atoms with Gasteiger partial charge in [0.25, 0.3) is 0 Å². The molecule has 0 N–H and O–H groups in total. The van der Waals surface area contributed by atoms with Gasteiger partial charge in [-0.3, -0.25) is 9.69 Å². The summed E-state index contributed by atoms with van der Waals surface area (Å²) in [5.41, 5.74) is 3.18. The zero-order valence-electron chi connectivity index (χ0n) is 11.6. The van der Waals surface area contributed by atoms with E-state index in [0.717, 1.165) is 43.0 Å². The Hall–Kier alpha value is -2.27. The number of nitrogens with zero attached hydrogens (tertiary/aromatic N) is 4. The van der Waals surface area contributed by atoms with E-state index in [9.17, 15) is 4.79 Å². The minimum atomic E-state index is -0.0422. The molecule has 3 heterocycles. The molecular weight excluding hydrogens is 264 g/mol. The van der Waals surface area contributed by atoms with E-state index in [1.807, 2.05) is 41.4 Å². The SMILES string of the molecule is O=C1C(N2Cc3cncnc3C2)CCN1c1ccccc1. The Morgan fingerprint density at radius 1 is 1.14 bits per heavy atom. The van der Waals surface area contributed by atoms with Gasteiger partial charge in [-0.1, -0.05) is 18.2 Å². The van der Waals surface area contributed by atoms with Gasteiger partial charge in [-0.25, -0.2) is 9.97 Å². The number of rotatable bonds is 2. The molecule has 0 bridgehead atoms. The fraction of sp³-hybridized carbons (Fsp3) is 0.312. The molecule has 0 radical (unpaired) electrons. The summed E-state index contributed by atoms with van der Waals surface area (Å²) in [6.07, 6.45) is 4.31. The first-order valence-corrected chi connectivity index (χ1v) is 7.21. The Bertz CT molecular complexity index is 648. The lowest BCUT2D eigenvalue weighted by Crippen LogP contribution is -2.39. The maximum Gasteiger partial charge on any atom is 0.244 e. The van der Waals surface area contributed by atoms with Crippen LogP contribution in [-0.2, 0) is 17.9 Å². The van der Waals surface area contributed by atoms with Gasteiger partial charge in [0.15, 0.2) is 0 Å². The van der Waals surface area contributed by atoms with Crippen LogP contribution in [0, 0.1) is 0 Å². The molecule has 1 amide bonds. The number of hydrogen-bond donors (Lipinski definition) is 0. The van der Waals surface area contributed by atoms with Crippen LogP contribution in [-0.4, -0.2) is 33.4 Å². The van der Waals surface area contributed by atoms with Crippen molar-refractivity contribution in [2.45, 2.75) is 25.6 Å². The molecule has 21 heavy (non-hydrogen) atoms. The van der Waals surface area contributed by atoms with Crippen LogP contribution in [0.5, 0.6) is 0 Å². The van der Waals surface area contributed by atoms with Crippen molar-refractivity contribution in [3.63, 3.8) is 0 Å². The quantitative estimate of drug-likeness (QED) is 0.838. The van der Waals surface area contributed by atoms with Crippen LogP contribution >= 0.6 is 0 Å². The number of para-hydroxylation sites is 1. The third-order valence-corrected chi connectivity index (χ3v) is 4.29. The second kappa shape index (κ2) is 4.93. The maximum absolute atomic E-state index is 12.7. The predicted octanol–water partition coefficient (Wildman–Crippen LogP) is 1.60. The molecule has 1 saturated heterocycles. The summed E-state index contributed by atoms with van der Waals surface area (Å²) in [5.74, 6) is 0.196. The second-order valence-corrected chi connectivity index (χ2v) is 5.53. The van der Waals surface area contributed by atoms with Gasteiger partial charge in [-0.15, -0.1) is 0 Å². The molecule has 1 aromatic heterocycles. The largest absolute Gasteiger partial charge is 0.311 e. The minimum absolute atomic E-state index is 0.0422. The van der Waals surface area contributed by atoms with Gasteiger partial charge in [-0.05, 0) is 18.6 Å². The molecule has 106 valence electrons. The van der Waals surface area contributed by atoms with E-state index in [1.54, 1.807) is 6.33 Å². The predicted molar refractivity (Wildman–Crippen MR) is 78.5 cm³/mol. The number of aromatic nitrogens is 2. The van der Waals surface area contributed by atoms with Crippen molar-refractivity contribution >= 4 is 11.6 Å². The molecule has 0 saturated carbocycles. The maximum atomic E-state index is 12.7. The lowest BCUT2D eigenvalue weighted by atomic mass is 10.2. The van der Waals surface area contributed by atoms with E-state index < -0.39 is 0 Å². The summed E-state index contributed by atoms with van der Waals surface area (Å²) >= 11 is 0. The van der Waals surface area contributed by atoms with Gasteiger partial charge >= 0.3 is 0 Å². The highest BCUT2D eigenvalue weighted by molar-refractivity contribution is 5.99. The van der Waals surface area contributed by atoms with Crippen molar-refractivity contribution in [2.75, 3.05) is 11.4 Å². The van der Waals surface area contributed by atoms with Crippen LogP contribution in [0.25, 0.3) is 0 Å². The third kappa shape index (κ3) is 2.10. The van der Waals surface area contributed by atoms with E-state index in [2.05, 4.69) is 14.9 Å². The standard InChI is InChI=1S/C16H16N4O/c21-16-15(6-7-20(16)13-4-2-1-3-5-13)19-9-12-8-17-11-18-14(12)10-19/h1-5,8,11,15H,6-7,9-10H2. The molecule has 1 fully saturated rings. The first-order chi connectivity index (χ1) is 10.3. The Balaban J connectivity index is 1.53. The normalized spacial score (nSPS) is 21.8. The van der Waals surface area contributed by atoms with Crippen molar-refractivity contribution in [1.82, 2.24) is 14.9 Å². The topological polar surface area (TPSA) is 49.3 Å². The highest BCUT2D eigenvalue weighted by Gasteiger charge is 2.39. The van der Waals surface area contributed by atoms with Gasteiger partial charge in [-0.2, -0.15) is 0 Å². The summed E-state index contributed by atoms with van der Waals surface area (Å²) in [7, 11) is 0. The number of hydrogen-bond acceptors (Lipinski definition) is 4. The number of carbonyl (C=O) groups is 1. The molecule has 4 rings (SSSR count). The van der Waals surface area contributed by atoms with Crippen LogP contribution < -0.4 is 4.90 Å². The van der Waals surface area contributed by atoms with Crippen molar-refractivity contribution < 1.29 is 4.79 Å². The summed E-state index contributed by atoms with van der Waals surface area (Å²) in [6.45, 7) is 2.30. The van der Waals surface area contributed by atoms with Crippen molar-refractivity contribution in [2.24, 2.45) is 0 Å². The fourth-order valence-electron chi connectivity index (χ4n) is 3.21. The highest BCUT2D eigenvalue weighted by atomic mass is 16.2. The Labute approximate surface area is 123 Å². The van der Waals surface area contributed by atoms with Crippen LogP contribution in [0.2, 0.25) is 0 Å². The van der Waals surface area contributed by atoms with E-state index in [0.29, 0.717) is 0 Å². The molecule has 5 heteroatoms. The average molecular weight is 280 g/mol. The second-order valence-electron chi connectivity index (χ2n) is 5.53. The Morgan fingerprint density at radius 2 is 2.00 bits per heavy atom. The molecule has 5 nitrogen and oxygen atoms in total. The molecule has 1 unspecified atom stereocenters. The van der Waals surface area contributed by atoms with Gasteiger partial charge in [0.05, 0.1) is 11.7 Å². The first-order valence-electron chi connectivity index (χ1n) is 7.21. The van der Waals surface area contributed by atoms with Crippen molar-refractivity contribution in [1.29, 1.82) is 0 Å². The van der Waals surface area contributed by atoms with E-state index in [1.165, 1.54) is 0 Å². The van der Waals surface area contributed by atoms with Crippen molar-refractivity contribution in [3.05, 3.63) is 54.1 Å². The van der Waals surface area contributed by atoms with Crippen molar-refractivity contribution in [3.8, 4) is 0 Å². The van der Waals surface area contributed by atoms with Crippen LogP contribution in [0.15, 0.2) is 42.9 Å². The lowest BCUT2D eigenvalue weighted by Gasteiger charge is -2.22. The average Bonchev–Trinajstić information content (AvgIpc) is 3.11. The summed E-state index contributed by atoms with van der Waals surface area (Å²) < 4.78 is 0. The number of carbonyl (C=O) groups excluding carboxylic acids is 1. The van der Waals surface area contributed by atoms with E-state index in [4.69, 9.17) is 0 Å². The number of anilines is 1. The molecule has 1 aromatic carbocycles. The van der Waals surface area contributed by atoms with Gasteiger partial charge in [0, 0.05) is 37.1 Å². The Morgan fingerprint density at radius 3 is 2.81 bits per heavy atom. The summed E-state index contributed by atoms with van der Waals surface area (Å²) in [5, 5.41) is 0. The first kappa shape index (κ1) is 12.5. The molecule has 1 atom stereocenters. The number of fused-ring (bicyclic) bond motifs is 1. The molecule has 0 spiro atoms. The Kier molecular flexibility index (Phi) is 2.93. The third-order valence-electron chi connectivity index (χ3n) is 4.29. The van der Waals surface area contributed by atoms with Gasteiger partial charge in [0.2, 0.25) is 5.91 Å². The molecule has 2 aliphatic rings. The summed E-state index contributed by atoms with van der Waals surface area (Å²) in [4.78, 5) is 25.2. The zero-order valence-corrected chi connectivity index (χ0v) is 11.6. The fourth-order valence-corrected chi connectivity index (χ4v) is 3.21. The molecule has 2 aromatic rings.